The molecule has 2 aromatic heterocycles. The van der Waals surface area contributed by atoms with Gasteiger partial charge in [0.05, 0.1) is 52.8 Å². The number of aliphatic imine (C=N–C) groups is 2. The molecule has 0 bridgehead atoms. The number of nitrogens with zero attached hydrogens (tertiary/aromatic N) is 6. The fraction of sp³-hybridized carbons (Fsp3) is 0.294. The van der Waals surface area contributed by atoms with Gasteiger partial charge >= 0.3 is 0 Å². The van der Waals surface area contributed by atoms with Crippen molar-refractivity contribution < 1.29 is 35.9 Å². The van der Waals surface area contributed by atoms with Crippen molar-refractivity contribution >= 4 is 89.5 Å². The number of nitrogens with one attached hydrogen (secondary N) is 3. The second kappa shape index (κ2) is 31.2. The number of aryl methyl sites for hydroxylation is 2. The van der Waals surface area contributed by atoms with E-state index in [1.807, 2.05) is 105 Å². The Morgan fingerprint density at radius 2 is 1.08 bits per heavy atom. The number of sulfonamides is 1. The normalized spacial score (nSPS) is 12.6. The molecule has 0 aliphatic rings. The smallest absolute Gasteiger partial charge is 0.242 e. The minimum atomic E-state index is -3.77. The average molecular weight is 1120 g/mol. The van der Waals surface area contributed by atoms with E-state index >= 15 is 0 Å². The van der Waals surface area contributed by atoms with Crippen LogP contribution in [0.1, 0.15) is 73.4 Å². The molecular weight excluding hydrogens is 1060 g/mol. The van der Waals surface area contributed by atoms with E-state index in [4.69, 9.17) is 43.7 Å². The monoisotopic (exact) mass is 1120 g/mol. The lowest BCUT2D eigenvalue weighted by Gasteiger charge is -2.20. The number of isothiocyanates is 1. The molecule has 6 aromatic rings. The summed E-state index contributed by atoms with van der Waals surface area (Å²) in [5.74, 6) is 5.10. The Kier molecular flexibility index (Phi) is 26.0. The number of hydrogen-bond donors (Lipinski definition) is 5. The van der Waals surface area contributed by atoms with Crippen LogP contribution in [0.4, 0.5) is 11.4 Å². The maximum Gasteiger partial charge on any atom is 0.242 e. The zero-order chi connectivity index (χ0) is 55.7. The summed E-state index contributed by atoms with van der Waals surface area (Å²) in [6.45, 7) is 10.4. The Hall–Kier alpha value is -6.75. The van der Waals surface area contributed by atoms with E-state index < -0.39 is 42.0 Å². The number of benzene rings is 4. The van der Waals surface area contributed by atoms with Crippen molar-refractivity contribution in [2.75, 3.05) is 20.0 Å². The molecule has 2 amide bonds. The van der Waals surface area contributed by atoms with Crippen LogP contribution in [0.15, 0.2) is 132 Å². The number of ether oxygens (including phenoxy) is 2. The summed E-state index contributed by atoms with van der Waals surface area (Å²) in [5.41, 5.74) is 12.2. The summed E-state index contributed by atoms with van der Waals surface area (Å²) in [7, 11) is -4.23. The van der Waals surface area contributed by atoms with Crippen molar-refractivity contribution in [2.45, 2.75) is 76.7 Å². The first-order valence-corrected chi connectivity index (χ1v) is 27.3. The van der Waals surface area contributed by atoms with Crippen molar-refractivity contribution in [3.05, 3.63) is 166 Å². The van der Waals surface area contributed by atoms with Crippen molar-refractivity contribution in [3.8, 4) is 11.5 Å². The molecule has 6 rings (SSSR count). The SMILES string of the molecule is COc1cccc(C)c1N=C(CS(=O)(=O)[C@@H](C)[C@H](C)c1ncc(Cl)cn1)NNC(=O)Cc1ccccc1.COc1cccc(C)c1N=C=S.C[C@H](c1ncc(Cl)cn1)[C@H](C)S(N)(=O)=O.NNC(=O)Cc1ccccc1. The number of amidine groups is 1. The molecule has 75 heavy (non-hydrogen) atoms. The first-order chi connectivity index (χ1) is 35.5. The number of hydrogen-bond acceptors (Lipinski definition) is 16. The summed E-state index contributed by atoms with van der Waals surface area (Å²) in [6, 6.07) is 29.8. The number of halogens is 2. The van der Waals surface area contributed by atoms with Crippen LogP contribution in [0, 0.1) is 13.8 Å². The number of thiocarbonyl (C=S) groups is 1. The zero-order valence-electron chi connectivity index (χ0n) is 42.6. The van der Waals surface area contributed by atoms with Gasteiger partial charge in [0.1, 0.15) is 46.1 Å². The van der Waals surface area contributed by atoms with Gasteiger partial charge in [-0.3, -0.25) is 25.9 Å². The molecule has 2 heterocycles. The second-order valence-corrected chi connectivity index (χ2v) is 21.8. The number of para-hydroxylation sites is 2. The second-order valence-electron chi connectivity index (χ2n) is 16.5. The summed E-state index contributed by atoms with van der Waals surface area (Å²) in [6.07, 6.45) is 6.18. The van der Waals surface area contributed by atoms with Crippen molar-refractivity contribution in [3.63, 3.8) is 0 Å². The van der Waals surface area contributed by atoms with Gasteiger partial charge in [0, 0.05) is 36.6 Å². The van der Waals surface area contributed by atoms with E-state index in [1.54, 1.807) is 33.9 Å². The maximum atomic E-state index is 13.4. The number of aromatic nitrogens is 4. The predicted molar refractivity (Wildman–Crippen MR) is 298 cm³/mol. The molecule has 7 N–H and O–H groups in total. The molecule has 19 nitrogen and oxygen atoms in total. The number of rotatable bonds is 16. The number of primary sulfonamides is 1. The summed E-state index contributed by atoms with van der Waals surface area (Å²) >= 11 is 16.0. The number of carbonyl (C=O) groups is 2. The number of amides is 2. The summed E-state index contributed by atoms with van der Waals surface area (Å²) < 4.78 is 59.6. The topological polar surface area (TPSA) is 285 Å². The van der Waals surface area contributed by atoms with Gasteiger partial charge in [-0.1, -0.05) is 122 Å². The summed E-state index contributed by atoms with van der Waals surface area (Å²) in [5, 5.41) is 6.57. The third kappa shape index (κ3) is 21.2. The van der Waals surface area contributed by atoms with Gasteiger partial charge in [0.15, 0.2) is 9.84 Å². The number of carbonyl (C=O) groups excluding carboxylic acids is 2. The summed E-state index contributed by atoms with van der Waals surface area (Å²) in [4.78, 5) is 48.0. The van der Waals surface area contributed by atoms with Crippen LogP contribution < -0.4 is 36.7 Å². The fourth-order valence-corrected chi connectivity index (χ4v) is 8.91. The number of nitrogens with two attached hydrogens (primary N) is 2. The predicted octanol–water partition coefficient (Wildman–Crippen LogP) is 7.81. The molecule has 4 atom stereocenters. The van der Waals surface area contributed by atoms with Crippen molar-refractivity contribution in [2.24, 2.45) is 21.0 Å². The molecular formula is C51H61Cl2N11O8S3. The largest absolute Gasteiger partial charge is 0.494 e. The molecule has 0 saturated carbocycles. The van der Waals surface area contributed by atoms with Crippen molar-refractivity contribution in [1.29, 1.82) is 0 Å². The van der Waals surface area contributed by atoms with Crippen LogP contribution in [-0.2, 0) is 42.3 Å². The van der Waals surface area contributed by atoms with Gasteiger partial charge in [-0.2, -0.15) is 4.99 Å². The first kappa shape index (κ1) is 62.5. The van der Waals surface area contributed by atoms with E-state index in [0.29, 0.717) is 39.6 Å². The van der Waals surface area contributed by atoms with E-state index in [0.717, 1.165) is 33.7 Å². The maximum absolute atomic E-state index is 13.4. The van der Waals surface area contributed by atoms with E-state index in [2.05, 4.69) is 63.6 Å². The number of methoxy groups -OCH3 is 2. The average Bonchev–Trinajstić information content (AvgIpc) is 3.39. The van der Waals surface area contributed by atoms with E-state index in [9.17, 15) is 26.4 Å². The Morgan fingerprint density at radius 1 is 0.653 bits per heavy atom. The van der Waals surface area contributed by atoms with E-state index in [-0.39, 0.29) is 30.0 Å². The molecule has 0 aliphatic carbocycles. The third-order valence-electron chi connectivity index (χ3n) is 11.1. The minimum absolute atomic E-state index is 0.0464. The molecule has 0 saturated heterocycles. The van der Waals surface area contributed by atoms with E-state index in [1.165, 1.54) is 38.8 Å². The third-order valence-corrected chi connectivity index (χ3v) is 15.2. The van der Waals surface area contributed by atoms with Gasteiger partial charge in [-0.05, 0) is 74.3 Å². The molecule has 24 heteroatoms. The Morgan fingerprint density at radius 3 is 1.51 bits per heavy atom. The van der Waals surface area contributed by atoms with Gasteiger partial charge in [0.25, 0.3) is 0 Å². The highest BCUT2D eigenvalue weighted by molar-refractivity contribution is 7.92. The Bertz CT molecular complexity index is 3090. The first-order valence-electron chi connectivity index (χ1n) is 22.8. The molecule has 400 valence electrons. The van der Waals surface area contributed by atoms with Crippen LogP contribution in [0.5, 0.6) is 11.5 Å². The van der Waals surface area contributed by atoms with Gasteiger partial charge in [-0.25, -0.2) is 52.7 Å². The molecule has 0 aliphatic heterocycles. The minimum Gasteiger partial charge on any atom is -0.494 e. The molecule has 0 unspecified atom stereocenters. The molecule has 0 spiro atoms. The zero-order valence-corrected chi connectivity index (χ0v) is 46.5. The number of hydrazine groups is 2. The van der Waals surface area contributed by atoms with Crippen LogP contribution in [-0.4, -0.2) is 90.1 Å². The van der Waals surface area contributed by atoms with Crippen LogP contribution in [0.25, 0.3) is 0 Å². The highest BCUT2D eigenvalue weighted by Gasteiger charge is 2.31. The van der Waals surface area contributed by atoms with Gasteiger partial charge < -0.3 is 9.47 Å². The Balaban J connectivity index is 0.000000315. The van der Waals surface area contributed by atoms with Crippen LogP contribution in [0.3, 0.4) is 0 Å². The lowest BCUT2D eigenvalue weighted by Crippen LogP contribution is -2.46. The lowest BCUT2D eigenvalue weighted by atomic mass is 10.1. The van der Waals surface area contributed by atoms with Crippen LogP contribution >= 0.6 is 35.4 Å². The van der Waals surface area contributed by atoms with Gasteiger partial charge in [0.2, 0.25) is 21.8 Å². The fourth-order valence-electron chi connectivity index (χ4n) is 6.41. The van der Waals surface area contributed by atoms with Crippen molar-refractivity contribution in [1.82, 2.24) is 36.2 Å². The molecule has 0 fully saturated rings. The molecule has 4 aromatic carbocycles. The highest BCUT2D eigenvalue weighted by Crippen LogP contribution is 2.32. The van der Waals surface area contributed by atoms with Crippen LogP contribution in [0.2, 0.25) is 10.0 Å². The quantitative estimate of drug-likeness (QED) is 0.0154. The number of sulfone groups is 1. The molecule has 0 radical (unpaired) electrons. The van der Waals surface area contributed by atoms with Gasteiger partial charge in [-0.15, -0.1) is 0 Å². The lowest BCUT2D eigenvalue weighted by molar-refractivity contribution is -0.121. The highest BCUT2D eigenvalue weighted by atomic mass is 35.5. The Labute approximate surface area is 454 Å². The standard InChI is InChI=1S/C26H30ClN5O4S.C9H9NOS.C8H12ClN3O2S.C8H10N2O/c1-17-9-8-12-22(36-4)25(17)30-23(31-32-24(33)13-20-10-6-5-7-11-20)16-37(34,35)19(3)18(2)26-28-14-21(27)15-29-26;1-7-4-3-5-8(11-2)9(7)10-6-12;1-5(6(2)15(10,13)14)8-11-3-7(9)4-12-8;9-10-8(11)6-7-4-2-1-3-5-7/h5-12,14-15,18-19H,13,16H2,1-4H3,(H,30,31)(H,32,33);3-5H,1-2H3;3-6H,1-2H3,(H2,10,13,14);1-5H,6,9H2,(H,10,11)/t18-,19-;;5-,6-;/m0.0./s1.